The molecule has 2 rings (SSSR count). The molecule has 1 N–H and O–H groups in total. The second kappa shape index (κ2) is 5.70. The largest absolute Gasteiger partial charge is 0.481 e. The quantitative estimate of drug-likeness (QED) is 0.790. The van der Waals surface area contributed by atoms with Crippen LogP contribution in [-0.4, -0.2) is 11.1 Å². The summed E-state index contributed by atoms with van der Waals surface area (Å²) in [5, 5.41) is 8.95. The SMILES string of the molecule is O=C(O)C1CCC(CC2CCCCC2)CC1. The Hall–Kier alpha value is -0.530. The third-order valence-electron chi connectivity index (χ3n) is 4.59. The average Bonchev–Trinajstić information content (AvgIpc) is 2.31. The number of rotatable bonds is 3. The fourth-order valence-corrected chi connectivity index (χ4v) is 3.54. The highest BCUT2D eigenvalue weighted by Crippen LogP contribution is 2.36. The molecule has 0 aromatic carbocycles. The zero-order valence-electron chi connectivity index (χ0n) is 10.2. The number of hydrogen-bond donors (Lipinski definition) is 1. The Kier molecular flexibility index (Phi) is 4.25. The zero-order valence-corrected chi connectivity index (χ0v) is 10.2. The summed E-state index contributed by atoms with van der Waals surface area (Å²) in [6.07, 6.45) is 12.7. The first-order chi connectivity index (χ1) is 7.75. The van der Waals surface area contributed by atoms with Crippen LogP contribution >= 0.6 is 0 Å². The van der Waals surface area contributed by atoms with Gasteiger partial charge in [0.25, 0.3) is 0 Å². The minimum Gasteiger partial charge on any atom is -0.481 e. The van der Waals surface area contributed by atoms with Gasteiger partial charge in [-0.15, -0.1) is 0 Å². The van der Waals surface area contributed by atoms with Gasteiger partial charge in [-0.05, 0) is 43.9 Å². The molecule has 0 unspecified atom stereocenters. The summed E-state index contributed by atoms with van der Waals surface area (Å²) in [6, 6.07) is 0. The predicted molar refractivity (Wildman–Crippen MR) is 64.3 cm³/mol. The van der Waals surface area contributed by atoms with Gasteiger partial charge in [0.2, 0.25) is 0 Å². The fraction of sp³-hybridized carbons (Fsp3) is 0.929. The first kappa shape index (κ1) is 11.9. The van der Waals surface area contributed by atoms with Gasteiger partial charge in [0.1, 0.15) is 0 Å². The Balaban J connectivity index is 1.70. The molecule has 0 radical (unpaired) electrons. The van der Waals surface area contributed by atoms with Crippen molar-refractivity contribution in [2.75, 3.05) is 0 Å². The molecule has 2 aliphatic carbocycles. The molecule has 92 valence electrons. The van der Waals surface area contributed by atoms with Crippen LogP contribution in [0.4, 0.5) is 0 Å². The van der Waals surface area contributed by atoms with Crippen LogP contribution in [0.2, 0.25) is 0 Å². The minimum absolute atomic E-state index is 0.0393. The Bertz CT molecular complexity index is 223. The van der Waals surface area contributed by atoms with Crippen LogP contribution in [-0.2, 0) is 4.79 Å². The summed E-state index contributed by atoms with van der Waals surface area (Å²) in [5.74, 6) is 1.18. The first-order valence-corrected chi connectivity index (χ1v) is 6.98. The smallest absolute Gasteiger partial charge is 0.306 e. The van der Waals surface area contributed by atoms with Gasteiger partial charge in [-0.2, -0.15) is 0 Å². The fourth-order valence-electron chi connectivity index (χ4n) is 3.54. The van der Waals surface area contributed by atoms with Crippen LogP contribution < -0.4 is 0 Å². The first-order valence-electron chi connectivity index (χ1n) is 6.98. The molecule has 0 spiro atoms. The van der Waals surface area contributed by atoms with E-state index in [1.54, 1.807) is 0 Å². The van der Waals surface area contributed by atoms with Crippen molar-refractivity contribution in [1.29, 1.82) is 0 Å². The van der Waals surface area contributed by atoms with Gasteiger partial charge in [0.15, 0.2) is 0 Å². The number of hydrogen-bond acceptors (Lipinski definition) is 1. The van der Waals surface area contributed by atoms with Crippen molar-refractivity contribution in [1.82, 2.24) is 0 Å². The number of carboxylic acids is 1. The van der Waals surface area contributed by atoms with Gasteiger partial charge < -0.3 is 5.11 Å². The molecular formula is C14H24O2. The van der Waals surface area contributed by atoms with E-state index in [0.29, 0.717) is 0 Å². The van der Waals surface area contributed by atoms with E-state index in [1.165, 1.54) is 38.5 Å². The van der Waals surface area contributed by atoms with Crippen molar-refractivity contribution in [2.45, 2.75) is 64.2 Å². The van der Waals surface area contributed by atoms with Gasteiger partial charge >= 0.3 is 5.97 Å². The van der Waals surface area contributed by atoms with Crippen LogP contribution in [0.25, 0.3) is 0 Å². The van der Waals surface area contributed by atoms with E-state index < -0.39 is 5.97 Å². The highest BCUT2D eigenvalue weighted by Gasteiger charge is 2.27. The van der Waals surface area contributed by atoms with E-state index in [2.05, 4.69) is 0 Å². The molecule has 2 aliphatic rings. The maximum absolute atomic E-state index is 10.9. The van der Waals surface area contributed by atoms with Crippen molar-refractivity contribution in [3.8, 4) is 0 Å². The number of carbonyl (C=O) groups is 1. The molecule has 2 heteroatoms. The molecule has 0 saturated heterocycles. The third kappa shape index (κ3) is 3.23. The third-order valence-corrected chi connectivity index (χ3v) is 4.59. The molecule has 0 atom stereocenters. The molecule has 0 heterocycles. The van der Waals surface area contributed by atoms with Gasteiger partial charge in [-0.25, -0.2) is 0 Å². The van der Waals surface area contributed by atoms with E-state index in [4.69, 9.17) is 5.11 Å². The monoisotopic (exact) mass is 224 g/mol. The number of carboxylic acid groups (broad SMARTS) is 1. The van der Waals surface area contributed by atoms with Crippen molar-refractivity contribution in [3.63, 3.8) is 0 Å². The van der Waals surface area contributed by atoms with Crippen LogP contribution in [0, 0.1) is 17.8 Å². The highest BCUT2D eigenvalue weighted by molar-refractivity contribution is 5.69. The maximum atomic E-state index is 10.9. The van der Waals surface area contributed by atoms with Gasteiger partial charge in [0.05, 0.1) is 5.92 Å². The van der Waals surface area contributed by atoms with Crippen molar-refractivity contribution in [2.24, 2.45) is 17.8 Å². The Morgan fingerprint density at radius 3 is 2.00 bits per heavy atom. The van der Waals surface area contributed by atoms with Crippen LogP contribution in [0.3, 0.4) is 0 Å². The Labute approximate surface area is 98.4 Å². The van der Waals surface area contributed by atoms with Crippen LogP contribution in [0.1, 0.15) is 64.2 Å². The summed E-state index contributed by atoms with van der Waals surface area (Å²) < 4.78 is 0. The normalized spacial score (nSPS) is 32.5. The minimum atomic E-state index is -0.573. The van der Waals surface area contributed by atoms with Gasteiger partial charge in [0, 0.05) is 0 Å². The topological polar surface area (TPSA) is 37.3 Å². The Morgan fingerprint density at radius 1 is 0.875 bits per heavy atom. The molecule has 0 bridgehead atoms. The highest BCUT2D eigenvalue weighted by atomic mass is 16.4. The summed E-state index contributed by atoms with van der Waals surface area (Å²) >= 11 is 0. The summed E-state index contributed by atoms with van der Waals surface area (Å²) in [6.45, 7) is 0. The lowest BCUT2D eigenvalue weighted by molar-refractivity contribution is -0.143. The molecule has 2 saturated carbocycles. The van der Waals surface area contributed by atoms with Gasteiger partial charge in [-0.3, -0.25) is 4.79 Å². The van der Waals surface area contributed by atoms with E-state index >= 15 is 0 Å². The second-order valence-corrected chi connectivity index (χ2v) is 5.80. The molecule has 0 amide bonds. The van der Waals surface area contributed by atoms with Crippen LogP contribution in [0.15, 0.2) is 0 Å². The van der Waals surface area contributed by atoms with Crippen molar-refractivity contribution < 1.29 is 9.90 Å². The van der Waals surface area contributed by atoms with Crippen molar-refractivity contribution >= 4 is 5.97 Å². The molecule has 2 fully saturated rings. The predicted octanol–water partition coefficient (Wildman–Crippen LogP) is 3.85. The van der Waals surface area contributed by atoms with Crippen molar-refractivity contribution in [3.05, 3.63) is 0 Å². The lowest BCUT2D eigenvalue weighted by Gasteiger charge is -2.30. The second-order valence-electron chi connectivity index (χ2n) is 5.80. The molecular weight excluding hydrogens is 200 g/mol. The van der Waals surface area contributed by atoms with E-state index in [1.807, 2.05) is 0 Å². The lowest BCUT2D eigenvalue weighted by Crippen LogP contribution is -2.23. The number of aliphatic carboxylic acids is 1. The summed E-state index contributed by atoms with van der Waals surface area (Å²) in [4.78, 5) is 10.9. The lowest BCUT2D eigenvalue weighted by atomic mass is 9.75. The van der Waals surface area contributed by atoms with E-state index in [9.17, 15) is 4.79 Å². The molecule has 0 aliphatic heterocycles. The van der Waals surface area contributed by atoms with Crippen LogP contribution in [0.5, 0.6) is 0 Å². The molecule has 0 aromatic rings. The van der Waals surface area contributed by atoms with E-state index in [0.717, 1.165) is 37.5 Å². The van der Waals surface area contributed by atoms with Gasteiger partial charge in [-0.1, -0.05) is 32.1 Å². The standard InChI is InChI=1S/C14H24O2/c15-14(16)13-8-6-12(7-9-13)10-11-4-2-1-3-5-11/h11-13H,1-10H2,(H,15,16). The molecule has 2 nitrogen and oxygen atoms in total. The Morgan fingerprint density at radius 2 is 1.44 bits per heavy atom. The van der Waals surface area contributed by atoms with E-state index in [-0.39, 0.29) is 5.92 Å². The zero-order chi connectivity index (χ0) is 11.4. The summed E-state index contributed by atoms with van der Waals surface area (Å²) in [5.41, 5.74) is 0. The average molecular weight is 224 g/mol. The molecule has 0 aromatic heterocycles. The molecule has 16 heavy (non-hydrogen) atoms. The maximum Gasteiger partial charge on any atom is 0.306 e. The summed E-state index contributed by atoms with van der Waals surface area (Å²) in [7, 11) is 0.